The Bertz CT molecular complexity index is 889. The number of nitriles is 1. The summed E-state index contributed by atoms with van der Waals surface area (Å²) in [6.07, 6.45) is 8.45. The summed E-state index contributed by atoms with van der Waals surface area (Å²) >= 11 is 0. The first-order chi connectivity index (χ1) is 15.5. The van der Waals surface area contributed by atoms with E-state index in [0.29, 0.717) is 17.3 Å². The summed E-state index contributed by atoms with van der Waals surface area (Å²) in [4.78, 5) is 26.0. The van der Waals surface area contributed by atoms with Gasteiger partial charge in [0.05, 0.1) is 19.2 Å². The molecule has 0 radical (unpaired) electrons. The minimum Gasteiger partial charge on any atom is -0.335 e. The van der Waals surface area contributed by atoms with Crippen LogP contribution in [0.15, 0.2) is 0 Å². The standard InChI is InChI=1S/C17H25F2N3O.C7H10N2O/c18-17(19)1-2-22(10-17)13(23)8-21-16-5-11-3-14(20)6-12(7-16)15(16,4-11)9-14;1-6(10)9-4-2-3-7(9)5-8/h11-12,21H,1-10,20H2;7H,2-4H2,1H3. The van der Waals surface area contributed by atoms with E-state index in [1.54, 1.807) is 4.90 Å². The fraction of sp³-hybridized carbons (Fsp3) is 0.875. The maximum Gasteiger partial charge on any atom is 0.267 e. The lowest BCUT2D eigenvalue weighted by Gasteiger charge is -2.59. The number of amides is 2. The molecule has 9 heteroatoms. The number of hydrogen-bond acceptors (Lipinski definition) is 5. The first-order valence-corrected chi connectivity index (χ1v) is 12.4. The summed E-state index contributed by atoms with van der Waals surface area (Å²) in [6, 6.07) is 1.95. The van der Waals surface area contributed by atoms with Crippen LogP contribution >= 0.6 is 0 Å². The molecule has 6 unspecified atom stereocenters. The Morgan fingerprint density at radius 3 is 2.61 bits per heavy atom. The van der Waals surface area contributed by atoms with E-state index in [1.807, 2.05) is 0 Å². The monoisotopic (exact) mass is 463 g/mol. The number of hydrogen-bond donors (Lipinski definition) is 2. The van der Waals surface area contributed by atoms with Gasteiger partial charge >= 0.3 is 0 Å². The van der Waals surface area contributed by atoms with Gasteiger partial charge in [-0.3, -0.25) is 9.59 Å². The van der Waals surface area contributed by atoms with Crippen LogP contribution in [0.5, 0.6) is 0 Å². The largest absolute Gasteiger partial charge is 0.335 e. The third-order valence-corrected chi connectivity index (χ3v) is 9.54. The molecule has 7 nitrogen and oxygen atoms in total. The first-order valence-electron chi connectivity index (χ1n) is 12.4. The fourth-order valence-corrected chi connectivity index (χ4v) is 8.43. The van der Waals surface area contributed by atoms with Gasteiger partial charge in [-0.2, -0.15) is 5.26 Å². The Kier molecular flexibility index (Phi) is 5.30. The lowest BCUT2D eigenvalue weighted by Crippen LogP contribution is -2.67. The van der Waals surface area contributed by atoms with Crippen molar-refractivity contribution in [1.29, 1.82) is 5.26 Å². The van der Waals surface area contributed by atoms with Gasteiger partial charge in [-0.15, -0.1) is 0 Å². The number of fused-ring (bicyclic) bond motifs is 2. The second-order valence-electron chi connectivity index (χ2n) is 11.6. The average Bonchev–Trinajstić information content (AvgIpc) is 3.43. The molecular weight excluding hydrogens is 428 g/mol. The van der Waals surface area contributed by atoms with Crippen LogP contribution in [0.2, 0.25) is 0 Å². The van der Waals surface area contributed by atoms with Gasteiger partial charge in [0, 0.05) is 37.5 Å². The summed E-state index contributed by atoms with van der Waals surface area (Å²) < 4.78 is 26.6. The van der Waals surface area contributed by atoms with Gasteiger partial charge in [0.1, 0.15) is 6.04 Å². The number of halogens is 2. The van der Waals surface area contributed by atoms with Crippen molar-refractivity contribution in [3.8, 4) is 6.07 Å². The molecule has 2 amide bonds. The Hall–Kier alpha value is -1.79. The van der Waals surface area contributed by atoms with Crippen molar-refractivity contribution >= 4 is 11.8 Å². The van der Waals surface area contributed by atoms with Crippen LogP contribution in [0.3, 0.4) is 0 Å². The van der Waals surface area contributed by atoms with Gasteiger partial charge in [-0.25, -0.2) is 8.78 Å². The number of carbonyl (C=O) groups excluding carboxylic acids is 2. The van der Waals surface area contributed by atoms with Crippen molar-refractivity contribution in [3.05, 3.63) is 0 Å². The maximum absolute atomic E-state index is 13.3. The smallest absolute Gasteiger partial charge is 0.267 e. The third kappa shape index (κ3) is 3.65. The second-order valence-corrected chi connectivity index (χ2v) is 11.6. The van der Waals surface area contributed by atoms with Crippen LogP contribution in [0.1, 0.15) is 64.7 Å². The summed E-state index contributed by atoms with van der Waals surface area (Å²) in [5.41, 5.74) is 6.96. The summed E-state index contributed by atoms with van der Waals surface area (Å²) in [5, 5.41) is 12.1. The highest BCUT2D eigenvalue weighted by Crippen LogP contribution is 2.77. The van der Waals surface area contributed by atoms with E-state index in [0.717, 1.165) is 51.5 Å². The molecule has 3 N–H and O–H groups in total. The molecule has 0 aromatic carbocycles. The summed E-state index contributed by atoms with van der Waals surface area (Å²) in [6.45, 7) is 2.24. The molecule has 6 atom stereocenters. The quantitative estimate of drug-likeness (QED) is 0.667. The Balaban J connectivity index is 0.000000193. The van der Waals surface area contributed by atoms with Crippen molar-refractivity contribution in [2.24, 2.45) is 23.0 Å². The van der Waals surface area contributed by atoms with E-state index in [2.05, 4.69) is 11.4 Å². The normalized spacial score (nSPS) is 43.5. The zero-order chi connectivity index (χ0) is 23.6. The van der Waals surface area contributed by atoms with E-state index < -0.39 is 12.5 Å². The molecule has 2 saturated heterocycles. The maximum atomic E-state index is 13.3. The molecule has 1 spiro atoms. The van der Waals surface area contributed by atoms with E-state index >= 15 is 0 Å². The van der Waals surface area contributed by atoms with E-state index in [9.17, 15) is 18.4 Å². The molecule has 6 aliphatic rings. The molecule has 3 bridgehead atoms. The number of rotatable bonds is 3. The van der Waals surface area contributed by atoms with Gasteiger partial charge < -0.3 is 20.9 Å². The predicted octanol–water partition coefficient (Wildman–Crippen LogP) is 2.01. The van der Waals surface area contributed by atoms with Gasteiger partial charge in [-0.05, 0) is 68.6 Å². The number of alkyl halides is 2. The Morgan fingerprint density at radius 1 is 1.18 bits per heavy atom. The molecule has 0 aromatic heterocycles. The first kappa shape index (κ1) is 23.0. The summed E-state index contributed by atoms with van der Waals surface area (Å²) in [5.74, 6) is -1.47. The number of nitrogens with two attached hydrogens (primary N) is 1. The zero-order valence-electron chi connectivity index (χ0n) is 19.4. The molecule has 182 valence electrons. The van der Waals surface area contributed by atoms with Crippen molar-refractivity contribution in [1.82, 2.24) is 15.1 Å². The summed E-state index contributed by atoms with van der Waals surface area (Å²) in [7, 11) is 0. The topological polar surface area (TPSA) is 102 Å². The molecular formula is C24H35F2N5O2. The minimum absolute atomic E-state index is 0.0176. The van der Waals surface area contributed by atoms with Gasteiger partial charge in [-0.1, -0.05) is 0 Å². The van der Waals surface area contributed by atoms with Crippen LogP contribution in [-0.2, 0) is 9.59 Å². The number of nitrogens with zero attached hydrogens (tertiary/aromatic N) is 3. The highest BCUT2D eigenvalue weighted by molar-refractivity contribution is 5.79. The van der Waals surface area contributed by atoms with Gasteiger partial charge in [0.25, 0.3) is 5.92 Å². The van der Waals surface area contributed by atoms with Crippen LogP contribution in [-0.4, -0.2) is 70.8 Å². The lowest BCUT2D eigenvalue weighted by molar-refractivity contribution is -0.133. The average molecular weight is 464 g/mol. The van der Waals surface area contributed by atoms with E-state index in [1.165, 1.54) is 18.2 Å². The SMILES string of the molecule is CC(=O)N1CCCC1C#N.NC12CC3CC4(NCC(=O)N5CCC(F)(F)C5)CC(C1)C4(C3)C2. The number of carbonyl (C=O) groups is 2. The third-order valence-electron chi connectivity index (χ3n) is 9.54. The Morgan fingerprint density at radius 2 is 1.97 bits per heavy atom. The van der Waals surface area contributed by atoms with E-state index in [-0.39, 0.29) is 48.4 Å². The van der Waals surface area contributed by atoms with Crippen molar-refractivity contribution in [2.45, 2.75) is 87.8 Å². The van der Waals surface area contributed by atoms with Crippen molar-refractivity contribution in [2.75, 3.05) is 26.2 Å². The molecule has 2 aliphatic heterocycles. The van der Waals surface area contributed by atoms with Crippen molar-refractivity contribution < 1.29 is 18.4 Å². The molecule has 6 fully saturated rings. The number of likely N-dealkylation sites (tertiary alicyclic amines) is 2. The molecule has 0 aromatic rings. The molecule has 2 heterocycles. The Labute approximate surface area is 194 Å². The van der Waals surface area contributed by atoms with Gasteiger partial charge in [0.2, 0.25) is 11.8 Å². The van der Waals surface area contributed by atoms with Crippen LogP contribution < -0.4 is 11.1 Å². The predicted molar refractivity (Wildman–Crippen MR) is 117 cm³/mol. The number of nitrogens with one attached hydrogen (secondary N) is 1. The van der Waals surface area contributed by atoms with Crippen LogP contribution in [0, 0.1) is 28.6 Å². The van der Waals surface area contributed by atoms with Crippen LogP contribution in [0.4, 0.5) is 8.78 Å². The molecule has 4 saturated carbocycles. The lowest BCUT2D eigenvalue weighted by atomic mass is 9.51. The fourth-order valence-electron chi connectivity index (χ4n) is 8.43. The van der Waals surface area contributed by atoms with Crippen LogP contribution in [0.25, 0.3) is 0 Å². The molecule has 33 heavy (non-hydrogen) atoms. The van der Waals surface area contributed by atoms with Crippen molar-refractivity contribution in [3.63, 3.8) is 0 Å². The molecule has 4 aliphatic carbocycles. The van der Waals surface area contributed by atoms with Gasteiger partial charge in [0.15, 0.2) is 0 Å². The highest BCUT2D eigenvalue weighted by Gasteiger charge is 2.76. The molecule has 6 rings (SSSR count). The minimum atomic E-state index is -2.71. The highest BCUT2D eigenvalue weighted by atomic mass is 19.3. The zero-order valence-corrected chi connectivity index (χ0v) is 19.4. The second kappa shape index (κ2) is 7.61. The van der Waals surface area contributed by atoms with E-state index in [4.69, 9.17) is 11.0 Å².